The zero-order valence-corrected chi connectivity index (χ0v) is 23.1. The van der Waals surface area contributed by atoms with Crippen LogP contribution in [0.4, 0.5) is 5.69 Å². The van der Waals surface area contributed by atoms with Gasteiger partial charge in [-0.2, -0.15) is 9.78 Å². The lowest BCUT2D eigenvalue weighted by molar-refractivity contribution is 0.198. The number of methoxy groups -OCH3 is 1. The Kier molecular flexibility index (Phi) is 6.87. The Balaban J connectivity index is 1.66. The highest BCUT2D eigenvalue weighted by Crippen LogP contribution is 2.33. The lowest BCUT2D eigenvalue weighted by Crippen LogP contribution is -2.20. The summed E-state index contributed by atoms with van der Waals surface area (Å²) < 4.78 is 19.1. The van der Waals surface area contributed by atoms with Crippen LogP contribution >= 0.6 is 0 Å². The topological polar surface area (TPSA) is 82.1 Å². The molecule has 2 aromatic heterocycles. The van der Waals surface area contributed by atoms with Gasteiger partial charge in [-0.25, -0.2) is 4.98 Å². The van der Waals surface area contributed by atoms with Crippen LogP contribution in [0.2, 0.25) is 0 Å². The van der Waals surface area contributed by atoms with Gasteiger partial charge in [0.2, 0.25) is 5.82 Å². The average Bonchev–Trinajstić information content (AvgIpc) is 3.35. The maximum Gasteiger partial charge on any atom is 0.282 e. The second kappa shape index (κ2) is 10.3. The first-order valence-corrected chi connectivity index (χ1v) is 12.7. The van der Waals surface area contributed by atoms with Crippen LogP contribution in [0.3, 0.4) is 0 Å². The Morgan fingerprint density at radius 2 is 1.79 bits per heavy atom. The van der Waals surface area contributed by atoms with Crippen LogP contribution in [0.15, 0.2) is 81.0 Å². The fourth-order valence-corrected chi connectivity index (χ4v) is 4.16. The smallest absolute Gasteiger partial charge is 0.282 e. The highest BCUT2D eigenvalue weighted by Gasteiger charge is 2.18. The van der Waals surface area contributed by atoms with E-state index >= 15 is 0 Å². The summed E-state index contributed by atoms with van der Waals surface area (Å²) in [7, 11) is 5.56. The highest BCUT2D eigenvalue weighted by atomic mass is 16.5. The molecule has 5 rings (SSSR count). The molecule has 0 saturated heterocycles. The predicted molar refractivity (Wildman–Crippen MR) is 156 cm³/mol. The minimum atomic E-state index is -0.304. The van der Waals surface area contributed by atoms with Crippen molar-refractivity contribution in [3.05, 3.63) is 82.6 Å². The number of furan rings is 1. The average molecular weight is 525 g/mol. The number of ether oxygens (including phenoxy) is 2. The van der Waals surface area contributed by atoms with Crippen molar-refractivity contribution in [2.24, 2.45) is 10.5 Å². The minimum absolute atomic E-state index is 0.0305. The van der Waals surface area contributed by atoms with Crippen LogP contribution in [0, 0.1) is 5.41 Å². The van der Waals surface area contributed by atoms with Crippen molar-refractivity contribution >= 4 is 33.8 Å². The zero-order valence-electron chi connectivity index (χ0n) is 23.1. The third-order valence-electron chi connectivity index (χ3n) is 6.20. The number of anilines is 1. The van der Waals surface area contributed by atoms with Gasteiger partial charge in [0.25, 0.3) is 5.56 Å². The molecule has 8 heteroatoms. The van der Waals surface area contributed by atoms with Gasteiger partial charge in [0, 0.05) is 31.4 Å². The molecule has 0 aliphatic carbocycles. The molecule has 0 N–H and O–H groups in total. The van der Waals surface area contributed by atoms with Gasteiger partial charge in [0.05, 0.1) is 36.2 Å². The maximum absolute atomic E-state index is 13.7. The summed E-state index contributed by atoms with van der Waals surface area (Å²) in [6.07, 6.45) is 1.63. The van der Waals surface area contributed by atoms with Gasteiger partial charge in [-0.05, 0) is 47.9 Å². The molecule has 8 nitrogen and oxygen atoms in total. The predicted octanol–water partition coefficient (Wildman–Crippen LogP) is 6.19. The van der Waals surface area contributed by atoms with E-state index in [1.54, 1.807) is 25.5 Å². The van der Waals surface area contributed by atoms with Gasteiger partial charge in [0.15, 0.2) is 5.76 Å². The van der Waals surface area contributed by atoms with Crippen molar-refractivity contribution in [3.8, 4) is 23.1 Å². The van der Waals surface area contributed by atoms with Crippen molar-refractivity contribution in [2.75, 3.05) is 32.7 Å². The first kappa shape index (κ1) is 26.0. The van der Waals surface area contributed by atoms with Gasteiger partial charge in [0.1, 0.15) is 17.1 Å². The van der Waals surface area contributed by atoms with E-state index in [9.17, 15) is 4.79 Å². The monoisotopic (exact) mass is 524 g/mol. The molecule has 0 atom stereocenters. The molecule has 0 aliphatic rings. The summed E-state index contributed by atoms with van der Waals surface area (Å²) >= 11 is 0. The highest BCUT2D eigenvalue weighted by molar-refractivity contribution is 5.89. The molecule has 0 fully saturated rings. The van der Waals surface area contributed by atoms with E-state index in [0.717, 1.165) is 16.6 Å². The molecule has 5 aromatic rings. The van der Waals surface area contributed by atoms with E-state index in [1.165, 1.54) is 4.68 Å². The van der Waals surface area contributed by atoms with E-state index in [1.807, 2.05) is 73.6 Å². The second-order valence-corrected chi connectivity index (χ2v) is 10.8. The van der Waals surface area contributed by atoms with Crippen molar-refractivity contribution in [2.45, 2.75) is 20.8 Å². The van der Waals surface area contributed by atoms with Gasteiger partial charge < -0.3 is 18.8 Å². The number of fused-ring (bicyclic) bond motifs is 2. The maximum atomic E-state index is 13.7. The molecule has 0 saturated carbocycles. The van der Waals surface area contributed by atoms with E-state index < -0.39 is 0 Å². The standard InChI is InChI=1S/C31H32N4O4/c1-31(2,3)19-38-27-16-21(34(4)5)15-14-20(27)18-32-35-29(33-24-11-8-7-10-22(24)30(35)36)28-17-23-25(37-6)12-9-13-26(23)39-28/h7-18H,19H2,1-6H3. The molecule has 39 heavy (non-hydrogen) atoms. The summed E-state index contributed by atoms with van der Waals surface area (Å²) in [5.74, 6) is 2.04. The van der Waals surface area contributed by atoms with Gasteiger partial charge in [-0.3, -0.25) is 4.79 Å². The fourth-order valence-electron chi connectivity index (χ4n) is 4.16. The van der Waals surface area contributed by atoms with Gasteiger partial charge >= 0.3 is 0 Å². The summed E-state index contributed by atoms with van der Waals surface area (Å²) in [5, 5.41) is 5.87. The lowest BCUT2D eigenvalue weighted by atomic mass is 9.98. The molecule has 2 heterocycles. The van der Waals surface area contributed by atoms with Crippen molar-refractivity contribution in [1.29, 1.82) is 0 Å². The molecule has 0 spiro atoms. The van der Waals surface area contributed by atoms with Crippen molar-refractivity contribution < 1.29 is 13.9 Å². The second-order valence-electron chi connectivity index (χ2n) is 10.8. The molecule has 0 bridgehead atoms. The molecular formula is C31H32N4O4. The van der Waals surface area contributed by atoms with Crippen molar-refractivity contribution in [1.82, 2.24) is 9.66 Å². The van der Waals surface area contributed by atoms with Gasteiger partial charge in [-0.15, -0.1) is 0 Å². The Morgan fingerprint density at radius 3 is 2.54 bits per heavy atom. The summed E-state index contributed by atoms with van der Waals surface area (Å²) in [4.78, 5) is 20.5. The minimum Gasteiger partial charge on any atom is -0.496 e. The van der Waals surface area contributed by atoms with Crippen LogP contribution in [0.1, 0.15) is 26.3 Å². The van der Waals surface area contributed by atoms with Crippen LogP contribution in [0.5, 0.6) is 11.5 Å². The third kappa shape index (κ3) is 5.36. The van der Waals surface area contributed by atoms with Crippen LogP contribution in [0.25, 0.3) is 33.5 Å². The fraction of sp³-hybridized carbons (Fsp3) is 0.258. The Labute approximate surface area is 227 Å². The van der Waals surface area contributed by atoms with Crippen LogP contribution in [-0.2, 0) is 0 Å². The molecule has 0 aliphatic heterocycles. The normalized spacial score (nSPS) is 11.9. The van der Waals surface area contributed by atoms with E-state index in [0.29, 0.717) is 40.4 Å². The van der Waals surface area contributed by atoms with Crippen molar-refractivity contribution in [3.63, 3.8) is 0 Å². The zero-order chi connectivity index (χ0) is 27.7. The lowest BCUT2D eigenvalue weighted by Gasteiger charge is -2.21. The first-order valence-electron chi connectivity index (χ1n) is 12.7. The number of aromatic nitrogens is 2. The first-order chi connectivity index (χ1) is 18.6. The summed E-state index contributed by atoms with van der Waals surface area (Å²) in [6, 6.07) is 20.5. The van der Waals surface area contributed by atoms with E-state index in [-0.39, 0.29) is 16.8 Å². The quantitative estimate of drug-likeness (QED) is 0.236. The number of hydrogen-bond acceptors (Lipinski definition) is 7. The number of benzene rings is 3. The van der Waals surface area contributed by atoms with Crippen LogP contribution in [-0.4, -0.2) is 43.7 Å². The van der Waals surface area contributed by atoms with Crippen LogP contribution < -0.4 is 19.9 Å². The molecule has 0 unspecified atom stereocenters. The SMILES string of the molecule is COc1cccc2oc(-c3nc4ccccc4c(=O)n3N=Cc3ccc(N(C)C)cc3OCC(C)(C)C)cc12. The van der Waals surface area contributed by atoms with E-state index in [4.69, 9.17) is 18.9 Å². The Hall–Kier alpha value is -4.59. The molecular weight excluding hydrogens is 492 g/mol. The Bertz CT molecular complexity index is 1740. The molecule has 0 radical (unpaired) electrons. The number of nitrogens with zero attached hydrogens (tertiary/aromatic N) is 4. The molecule has 200 valence electrons. The largest absolute Gasteiger partial charge is 0.496 e. The summed E-state index contributed by atoms with van der Waals surface area (Å²) in [6.45, 7) is 6.87. The number of para-hydroxylation sites is 1. The molecule has 3 aromatic carbocycles. The summed E-state index contributed by atoms with van der Waals surface area (Å²) in [5.41, 5.74) is 2.58. The van der Waals surface area contributed by atoms with E-state index in [2.05, 4.69) is 25.9 Å². The number of hydrogen-bond donors (Lipinski definition) is 0. The third-order valence-corrected chi connectivity index (χ3v) is 6.20. The Morgan fingerprint density at radius 1 is 1.00 bits per heavy atom. The van der Waals surface area contributed by atoms with Gasteiger partial charge in [-0.1, -0.05) is 39.0 Å². The number of rotatable bonds is 7. The molecule has 0 amide bonds.